The van der Waals surface area contributed by atoms with E-state index < -0.39 is 0 Å². The van der Waals surface area contributed by atoms with Gasteiger partial charge in [0.1, 0.15) is 11.5 Å². The first-order valence-electron chi connectivity index (χ1n) is 7.18. The second-order valence-electron chi connectivity index (χ2n) is 5.73. The SMILES string of the molecule is CC(C)CN(c1cnc(C(N)=NO)cn1)C1CCCC1. The minimum atomic E-state index is -0.0136. The van der Waals surface area contributed by atoms with Crippen molar-refractivity contribution in [2.75, 3.05) is 11.4 Å². The molecular formula is C14H23N5O. The van der Waals surface area contributed by atoms with Crippen LogP contribution in [0.1, 0.15) is 45.2 Å². The van der Waals surface area contributed by atoms with E-state index in [0.29, 0.717) is 17.7 Å². The number of hydrogen-bond donors (Lipinski definition) is 2. The topological polar surface area (TPSA) is 87.6 Å². The maximum atomic E-state index is 8.64. The van der Waals surface area contributed by atoms with Crippen LogP contribution in [0, 0.1) is 5.92 Å². The van der Waals surface area contributed by atoms with Gasteiger partial charge in [-0.3, -0.25) is 0 Å². The van der Waals surface area contributed by atoms with Crippen LogP contribution in [-0.2, 0) is 0 Å². The van der Waals surface area contributed by atoms with Crippen LogP contribution in [0.3, 0.4) is 0 Å². The fraction of sp³-hybridized carbons (Fsp3) is 0.643. The average molecular weight is 277 g/mol. The number of nitrogens with two attached hydrogens (primary N) is 1. The molecule has 0 atom stereocenters. The zero-order chi connectivity index (χ0) is 14.5. The van der Waals surface area contributed by atoms with Crippen LogP contribution >= 0.6 is 0 Å². The van der Waals surface area contributed by atoms with E-state index in [0.717, 1.165) is 12.4 Å². The van der Waals surface area contributed by atoms with Crippen molar-refractivity contribution in [2.24, 2.45) is 16.8 Å². The molecule has 0 aliphatic heterocycles. The van der Waals surface area contributed by atoms with Crippen molar-refractivity contribution in [3.05, 3.63) is 18.1 Å². The summed E-state index contributed by atoms with van der Waals surface area (Å²) >= 11 is 0. The normalized spacial score (nSPS) is 16.9. The van der Waals surface area contributed by atoms with Crippen LogP contribution in [0.4, 0.5) is 5.82 Å². The number of rotatable bonds is 5. The molecule has 0 radical (unpaired) electrons. The fourth-order valence-electron chi connectivity index (χ4n) is 2.69. The van der Waals surface area contributed by atoms with E-state index in [9.17, 15) is 0 Å². The molecule has 2 rings (SSSR count). The molecular weight excluding hydrogens is 254 g/mol. The number of oxime groups is 1. The molecule has 0 saturated heterocycles. The minimum Gasteiger partial charge on any atom is -0.409 e. The molecule has 1 aromatic rings. The molecule has 0 unspecified atom stereocenters. The number of aromatic nitrogens is 2. The first-order valence-corrected chi connectivity index (χ1v) is 7.18. The van der Waals surface area contributed by atoms with Gasteiger partial charge in [-0.15, -0.1) is 0 Å². The molecule has 20 heavy (non-hydrogen) atoms. The molecule has 0 spiro atoms. The minimum absolute atomic E-state index is 0.0136. The highest BCUT2D eigenvalue weighted by Gasteiger charge is 2.24. The fourth-order valence-corrected chi connectivity index (χ4v) is 2.69. The third-order valence-electron chi connectivity index (χ3n) is 3.63. The van der Waals surface area contributed by atoms with Gasteiger partial charge in [0, 0.05) is 12.6 Å². The predicted octanol–water partition coefficient (Wildman–Crippen LogP) is 1.98. The Kier molecular flexibility index (Phi) is 4.76. The van der Waals surface area contributed by atoms with Crippen molar-refractivity contribution in [1.82, 2.24) is 9.97 Å². The van der Waals surface area contributed by atoms with E-state index in [1.165, 1.54) is 25.7 Å². The van der Waals surface area contributed by atoms with Gasteiger partial charge in [0.15, 0.2) is 5.84 Å². The molecule has 6 heteroatoms. The van der Waals surface area contributed by atoms with Crippen molar-refractivity contribution < 1.29 is 5.21 Å². The number of hydrogen-bond acceptors (Lipinski definition) is 5. The average Bonchev–Trinajstić information content (AvgIpc) is 2.98. The van der Waals surface area contributed by atoms with Gasteiger partial charge in [-0.05, 0) is 18.8 Å². The van der Waals surface area contributed by atoms with Gasteiger partial charge in [-0.2, -0.15) is 0 Å². The molecule has 1 saturated carbocycles. The maximum Gasteiger partial charge on any atom is 0.190 e. The first-order chi connectivity index (χ1) is 9.61. The highest BCUT2D eigenvalue weighted by Crippen LogP contribution is 2.27. The summed E-state index contributed by atoms with van der Waals surface area (Å²) in [4.78, 5) is 11.0. The molecule has 6 nitrogen and oxygen atoms in total. The zero-order valence-corrected chi connectivity index (χ0v) is 12.2. The largest absolute Gasteiger partial charge is 0.409 e. The summed E-state index contributed by atoms with van der Waals surface area (Å²) in [5.41, 5.74) is 5.90. The molecule has 0 aromatic carbocycles. The van der Waals surface area contributed by atoms with E-state index >= 15 is 0 Å². The van der Waals surface area contributed by atoms with Gasteiger partial charge in [-0.25, -0.2) is 9.97 Å². The predicted molar refractivity (Wildman–Crippen MR) is 79.0 cm³/mol. The highest BCUT2D eigenvalue weighted by atomic mass is 16.4. The van der Waals surface area contributed by atoms with Crippen molar-refractivity contribution in [2.45, 2.75) is 45.6 Å². The van der Waals surface area contributed by atoms with Gasteiger partial charge >= 0.3 is 0 Å². The molecule has 0 amide bonds. The van der Waals surface area contributed by atoms with E-state index in [1.54, 1.807) is 12.4 Å². The summed E-state index contributed by atoms with van der Waals surface area (Å²) in [5, 5.41) is 11.6. The van der Waals surface area contributed by atoms with Gasteiger partial charge < -0.3 is 15.8 Å². The Bertz CT molecular complexity index is 451. The lowest BCUT2D eigenvalue weighted by atomic mass is 10.1. The van der Waals surface area contributed by atoms with Gasteiger partial charge in [0.05, 0.1) is 12.4 Å². The number of anilines is 1. The summed E-state index contributed by atoms with van der Waals surface area (Å²) in [6, 6.07) is 0.557. The van der Waals surface area contributed by atoms with Crippen LogP contribution in [0.25, 0.3) is 0 Å². The monoisotopic (exact) mass is 277 g/mol. The lowest BCUT2D eigenvalue weighted by Gasteiger charge is -2.31. The molecule has 1 aliphatic carbocycles. The van der Waals surface area contributed by atoms with Gasteiger partial charge in [-0.1, -0.05) is 31.8 Å². The summed E-state index contributed by atoms with van der Waals surface area (Å²) in [6.07, 6.45) is 8.29. The summed E-state index contributed by atoms with van der Waals surface area (Å²) in [7, 11) is 0. The second kappa shape index (κ2) is 6.54. The summed E-state index contributed by atoms with van der Waals surface area (Å²) in [6.45, 7) is 5.39. The third-order valence-corrected chi connectivity index (χ3v) is 3.63. The Morgan fingerprint density at radius 1 is 1.40 bits per heavy atom. The van der Waals surface area contributed by atoms with E-state index in [2.05, 4.69) is 33.9 Å². The standard InChI is InChI=1S/C14H23N5O/c1-10(2)9-19(11-5-3-4-6-11)13-8-16-12(7-17-13)14(15)18-20/h7-8,10-11,20H,3-6,9H2,1-2H3,(H2,15,18). The van der Waals surface area contributed by atoms with E-state index in [4.69, 9.17) is 10.9 Å². The number of nitrogens with zero attached hydrogens (tertiary/aromatic N) is 4. The van der Waals surface area contributed by atoms with Crippen LogP contribution in [0.5, 0.6) is 0 Å². The van der Waals surface area contributed by atoms with Gasteiger partial charge in [0.25, 0.3) is 0 Å². The molecule has 1 aromatic heterocycles. The van der Waals surface area contributed by atoms with E-state index in [1.807, 2.05) is 0 Å². The smallest absolute Gasteiger partial charge is 0.190 e. The second-order valence-corrected chi connectivity index (χ2v) is 5.73. The lowest BCUT2D eigenvalue weighted by Crippen LogP contribution is -2.37. The Hall–Kier alpha value is -1.85. The Morgan fingerprint density at radius 3 is 2.60 bits per heavy atom. The first kappa shape index (κ1) is 14.6. The van der Waals surface area contributed by atoms with Crippen LogP contribution in [0.2, 0.25) is 0 Å². The maximum absolute atomic E-state index is 8.64. The molecule has 0 bridgehead atoms. The van der Waals surface area contributed by atoms with Crippen LogP contribution < -0.4 is 10.6 Å². The Labute approximate surface area is 119 Å². The highest BCUT2D eigenvalue weighted by molar-refractivity contribution is 5.94. The molecule has 1 fully saturated rings. The van der Waals surface area contributed by atoms with Crippen molar-refractivity contribution in [3.63, 3.8) is 0 Å². The Morgan fingerprint density at radius 2 is 2.10 bits per heavy atom. The molecule has 1 aliphatic rings. The molecule has 3 N–H and O–H groups in total. The van der Waals surface area contributed by atoms with Gasteiger partial charge in [0.2, 0.25) is 0 Å². The van der Waals surface area contributed by atoms with Crippen molar-refractivity contribution >= 4 is 11.7 Å². The molecule has 110 valence electrons. The van der Waals surface area contributed by atoms with Crippen molar-refractivity contribution in [3.8, 4) is 0 Å². The summed E-state index contributed by atoms with van der Waals surface area (Å²) in [5.74, 6) is 1.43. The van der Waals surface area contributed by atoms with Crippen molar-refractivity contribution in [1.29, 1.82) is 0 Å². The quantitative estimate of drug-likeness (QED) is 0.372. The van der Waals surface area contributed by atoms with Crippen LogP contribution in [-0.4, -0.2) is 33.6 Å². The van der Waals surface area contributed by atoms with E-state index in [-0.39, 0.29) is 5.84 Å². The third kappa shape index (κ3) is 3.37. The number of amidine groups is 1. The Balaban J connectivity index is 2.19. The molecule has 1 heterocycles. The zero-order valence-electron chi connectivity index (χ0n) is 12.2. The van der Waals surface area contributed by atoms with Crippen LogP contribution in [0.15, 0.2) is 17.5 Å². The summed E-state index contributed by atoms with van der Waals surface area (Å²) < 4.78 is 0. The lowest BCUT2D eigenvalue weighted by molar-refractivity contribution is 0.318.